The molecular weight excluding hydrogens is 200 g/mol. The van der Waals surface area contributed by atoms with Crippen molar-refractivity contribution in [3.63, 3.8) is 0 Å². The zero-order chi connectivity index (χ0) is 10.4. The average molecular weight is 213 g/mol. The van der Waals surface area contributed by atoms with Gasteiger partial charge < -0.3 is 10.5 Å². The lowest BCUT2D eigenvalue weighted by atomic mass is 10.3. The number of amidine groups is 1. The van der Waals surface area contributed by atoms with Crippen LogP contribution >= 0.6 is 11.6 Å². The van der Waals surface area contributed by atoms with Gasteiger partial charge in [0.1, 0.15) is 5.75 Å². The van der Waals surface area contributed by atoms with Crippen LogP contribution in [0.5, 0.6) is 5.75 Å². The Morgan fingerprint density at radius 1 is 1.43 bits per heavy atom. The summed E-state index contributed by atoms with van der Waals surface area (Å²) in [4.78, 5) is 0. The molecule has 0 saturated heterocycles. The molecule has 0 unspecified atom stereocenters. The quantitative estimate of drug-likeness (QED) is 0.448. The molecule has 1 aromatic carbocycles. The van der Waals surface area contributed by atoms with Crippen molar-refractivity contribution in [1.29, 1.82) is 5.41 Å². The van der Waals surface area contributed by atoms with Gasteiger partial charge in [0.15, 0.2) is 0 Å². The number of hydrogen-bond acceptors (Lipinski definition) is 2. The summed E-state index contributed by atoms with van der Waals surface area (Å²) in [5.41, 5.74) is 5.20. The Hall–Kier alpha value is -1.22. The summed E-state index contributed by atoms with van der Waals surface area (Å²) in [5, 5.41) is 7.62. The molecule has 0 heterocycles. The summed E-state index contributed by atoms with van der Waals surface area (Å²) in [6, 6.07) is 7.31. The van der Waals surface area contributed by atoms with E-state index in [1.165, 1.54) is 0 Å². The molecule has 0 bridgehead atoms. The Labute approximate surface area is 88.3 Å². The fourth-order valence-electron chi connectivity index (χ4n) is 1.01. The Kier molecular flexibility index (Phi) is 4.26. The van der Waals surface area contributed by atoms with Crippen molar-refractivity contribution in [2.75, 3.05) is 6.61 Å². The Balaban J connectivity index is 2.31. The molecule has 3 nitrogen and oxygen atoms in total. The lowest BCUT2D eigenvalue weighted by molar-refractivity contribution is 0.313. The van der Waals surface area contributed by atoms with E-state index >= 15 is 0 Å². The molecule has 0 fully saturated rings. The van der Waals surface area contributed by atoms with Crippen LogP contribution < -0.4 is 10.5 Å². The van der Waals surface area contributed by atoms with Crippen LogP contribution in [0.2, 0.25) is 5.02 Å². The minimum absolute atomic E-state index is 0.188. The molecule has 76 valence electrons. The summed E-state index contributed by atoms with van der Waals surface area (Å²) in [6.07, 6.45) is 1.30. The van der Waals surface area contributed by atoms with Gasteiger partial charge in [-0.25, -0.2) is 0 Å². The minimum Gasteiger partial charge on any atom is -0.492 e. The van der Waals surface area contributed by atoms with E-state index in [0.717, 1.165) is 6.42 Å². The van der Waals surface area contributed by atoms with E-state index in [2.05, 4.69) is 0 Å². The van der Waals surface area contributed by atoms with E-state index in [1.807, 2.05) is 18.2 Å². The van der Waals surface area contributed by atoms with Crippen LogP contribution in [0.25, 0.3) is 0 Å². The van der Waals surface area contributed by atoms with Crippen molar-refractivity contribution < 1.29 is 4.74 Å². The molecule has 0 spiro atoms. The largest absolute Gasteiger partial charge is 0.492 e. The lowest BCUT2D eigenvalue weighted by Gasteiger charge is -2.06. The van der Waals surface area contributed by atoms with Gasteiger partial charge in [0.05, 0.1) is 17.5 Å². The van der Waals surface area contributed by atoms with Gasteiger partial charge in [0.2, 0.25) is 0 Å². The average Bonchev–Trinajstić information content (AvgIpc) is 2.15. The van der Waals surface area contributed by atoms with Crippen LogP contribution in [0.1, 0.15) is 12.8 Å². The van der Waals surface area contributed by atoms with Gasteiger partial charge in [-0.2, -0.15) is 0 Å². The third kappa shape index (κ3) is 3.66. The second-order valence-electron chi connectivity index (χ2n) is 2.91. The van der Waals surface area contributed by atoms with E-state index in [0.29, 0.717) is 23.8 Å². The summed E-state index contributed by atoms with van der Waals surface area (Å²) in [7, 11) is 0. The number of nitrogens with one attached hydrogen (secondary N) is 1. The molecule has 3 N–H and O–H groups in total. The van der Waals surface area contributed by atoms with Crippen molar-refractivity contribution in [3.05, 3.63) is 29.3 Å². The van der Waals surface area contributed by atoms with Gasteiger partial charge in [-0.3, -0.25) is 5.41 Å². The SMILES string of the molecule is N=C(N)CCCOc1ccccc1Cl. The van der Waals surface area contributed by atoms with Crippen molar-refractivity contribution in [2.24, 2.45) is 5.73 Å². The molecular formula is C10H13ClN2O. The molecule has 0 aliphatic heterocycles. The Morgan fingerprint density at radius 2 is 2.14 bits per heavy atom. The number of halogens is 1. The minimum atomic E-state index is 0.188. The Morgan fingerprint density at radius 3 is 2.79 bits per heavy atom. The Bertz CT molecular complexity index is 315. The fourth-order valence-corrected chi connectivity index (χ4v) is 1.20. The van der Waals surface area contributed by atoms with E-state index in [1.54, 1.807) is 6.07 Å². The smallest absolute Gasteiger partial charge is 0.137 e. The highest BCUT2D eigenvalue weighted by Gasteiger charge is 1.98. The summed E-state index contributed by atoms with van der Waals surface area (Å²) >= 11 is 5.87. The molecule has 0 atom stereocenters. The van der Waals surface area contributed by atoms with Crippen LogP contribution in [-0.4, -0.2) is 12.4 Å². The normalized spacial score (nSPS) is 9.79. The van der Waals surface area contributed by atoms with Gasteiger partial charge in [0, 0.05) is 6.42 Å². The fraction of sp³-hybridized carbons (Fsp3) is 0.300. The molecule has 1 rings (SSSR count). The first-order chi connectivity index (χ1) is 6.70. The number of para-hydroxylation sites is 1. The lowest BCUT2D eigenvalue weighted by Crippen LogP contribution is -2.11. The molecule has 0 aromatic heterocycles. The zero-order valence-electron chi connectivity index (χ0n) is 7.79. The first-order valence-electron chi connectivity index (χ1n) is 4.40. The van der Waals surface area contributed by atoms with Gasteiger partial charge >= 0.3 is 0 Å². The maximum absolute atomic E-state index is 7.02. The van der Waals surface area contributed by atoms with E-state index < -0.39 is 0 Å². The van der Waals surface area contributed by atoms with Crippen molar-refractivity contribution >= 4 is 17.4 Å². The number of hydrogen-bond donors (Lipinski definition) is 2. The maximum Gasteiger partial charge on any atom is 0.137 e. The maximum atomic E-state index is 7.02. The molecule has 0 amide bonds. The second kappa shape index (κ2) is 5.50. The molecule has 1 aromatic rings. The van der Waals surface area contributed by atoms with E-state index in [4.69, 9.17) is 27.5 Å². The molecule has 0 aliphatic rings. The topological polar surface area (TPSA) is 59.1 Å². The summed E-state index contributed by atoms with van der Waals surface area (Å²) < 4.78 is 5.40. The van der Waals surface area contributed by atoms with Crippen LogP contribution in [0.3, 0.4) is 0 Å². The van der Waals surface area contributed by atoms with E-state index in [-0.39, 0.29) is 5.84 Å². The number of ether oxygens (including phenoxy) is 1. The molecule has 14 heavy (non-hydrogen) atoms. The predicted octanol–water partition coefficient (Wildman–Crippen LogP) is 2.43. The van der Waals surface area contributed by atoms with Crippen molar-refractivity contribution in [3.8, 4) is 5.75 Å². The van der Waals surface area contributed by atoms with E-state index in [9.17, 15) is 0 Å². The highest BCUT2D eigenvalue weighted by molar-refractivity contribution is 6.32. The third-order valence-electron chi connectivity index (χ3n) is 1.68. The van der Waals surface area contributed by atoms with Crippen LogP contribution in [-0.2, 0) is 0 Å². The van der Waals surface area contributed by atoms with Gasteiger partial charge in [-0.1, -0.05) is 23.7 Å². The third-order valence-corrected chi connectivity index (χ3v) is 2.00. The zero-order valence-corrected chi connectivity index (χ0v) is 8.55. The molecule has 4 heteroatoms. The second-order valence-corrected chi connectivity index (χ2v) is 3.31. The summed E-state index contributed by atoms with van der Waals surface area (Å²) in [6.45, 7) is 0.531. The highest BCUT2D eigenvalue weighted by Crippen LogP contribution is 2.23. The number of benzene rings is 1. The first kappa shape index (κ1) is 10.9. The predicted molar refractivity (Wildman–Crippen MR) is 58.1 cm³/mol. The molecule has 0 saturated carbocycles. The van der Waals surface area contributed by atoms with Crippen molar-refractivity contribution in [2.45, 2.75) is 12.8 Å². The highest BCUT2D eigenvalue weighted by atomic mass is 35.5. The molecule has 0 aliphatic carbocycles. The first-order valence-corrected chi connectivity index (χ1v) is 4.78. The van der Waals surface area contributed by atoms with Gasteiger partial charge in [0.25, 0.3) is 0 Å². The van der Waals surface area contributed by atoms with Crippen LogP contribution in [0.4, 0.5) is 0 Å². The standard InChI is InChI=1S/C10H13ClN2O/c11-8-4-1-2-5-9(8)14-7-3-6-10(12)13/h1-2,4-5H,3,6-7H2,(H3,12,13). The van der Waals surface area contributed by atoms with Crippen LogP contribution in [0, 0.1) is 5.41 Å². The van der Waals surface area contributed by atoms with Gasteiger partial charge in [-0.05, 0) is 18.6 Å². The van der Waals surface area contributed by atoms with Crippen LogP contribution in [0.15, 0.2) is 24.3 Å². The molecule has 0 radical (unpaired) electrons. The van der Waals surface area contributed by atoms with Crippen molar-refractivity contribution in [1.82, 2.24) is 0 Å². The monoisotopic (exact) mass is 212 g/mol. The summed E-state index contributed by atoms with van der Waals surface area (Å²) in [5.74, 6) is 0.866. The number of rotatable bonds is 5. The number of nitrogens with two attached hydrogens (primary N) is 1. The van der Waals surface area contributed by atoms with Gasteiger partial charge in [-0.15, -0.1) is 0 Å².